The smallest absolute Gasteiger partial charge is 0.516 e. The van der Waals surface area contributed by atoms with Crippen LogP contribution in [0.4, 0.5) is 5.69 Å². The molecule has 198 valence electrons. The van der Waals surface area contributed by atoms with Crippen molar-refractivity contribution in [2.45, 2.75) is 19.3 Å². The van der Waals surface area contributed by atoms with Crippen LogP contribution in [-0.2, 0) is 26.5 Å². The van der Waals surface area contributed by atoms with Gasteiger partial charge in [0.15, 0.2) is 0 Å². The molecule has 0 spiro atoms. The molecule has 0 amide bonds. The molecule has 7 rings (SSSR count). The molecule has 3 aromatic heterocycles. The second kappa shape index (κ2) is 9.96. The van der Waals surface area contributed by atoms with Crippen LogP contribution in [0.25, 0.3) is 49.6 Å². The van der Waals surface area contributed by atoms with E-state index in [1.807, 2.05) is 104 Å². The first-order chi connectivity index (χ1) is 19.0. The zero-order valence-corrected chi connectivity index (χ0v) is 24.1. The van der Waals surface area contributed by atoms with Gasteiger partial charge >= 0.3 is 21.1 Å². The Balaban J connectivity index is 0.00000289. The average molecular weight is 704 g/mol. The summed E-state index contributed by atoms with van der Waals surface area (Å²) in [5.74, 6) is 0. The van der Waals surface area contributed by atoms with Crippen molar-refractivity contribution in [3.63, 3.8) is 0 Å². The van der Waals surface area contributed by atoms with Crippen LogP contribution in [0.3, 0.4) is 0 Å². The fourth-order valence-corrected chi connectivity index (χ4v) is 4.87. The normalized spacial score (nSPS) is 12.7. The molecule has 7 heteroatoms. The van der Waals surface area contributed by atoms with Crippen molar-refractivity contribution in [1.82, 2.24) is 9.78 Å². The standard InChI is InChI=1S/C33H24N4O2.Pt/c1-33(2,31(34)15-17-35-21-11-13-29-25(19-21)23-7-3-5-9-27(23)38-29)32-16-18-37(36-32)22-12-14-30-26(20-22)24-8-4-6-10-28(24)39-30;/h3-10,13-20H,34H2,1-2H3;/q-2;+2/b31-15-,35-17?;. The van der Waals surface area contributed by atoms with Gasteiger partial charge in [-0.2, -0.15) is 17.2 Å². The Morgan fingerprint density at radius 2 is 1.48 bits per heavy atom. The number of hydrogen-bond acceptors (Lipinski definition) is 5. The Labute approximate surface area is 245 Å². The maximum Gasteiger partial charge on any atom is 2.00 e. The van der Waals surface area contributed by atoms with E-state index in [2.05, 4.69) is 23.2 Å². The van der Waals surface area contributed by atoms with Gasteiger partial charge in [-0.15, -0.1) is 24.3 Å². The van der Waals surface area contributed by atoms with Crippen molar-refractivity contribution in [2.24, 2.45) is 10.7 Å². The van der Waals surface area contributed by atoms with Crippen LogP contribution < -0.4 is 5.73 Å². The van der Waals surface area contributed by atoms with Crippen molar-refractivity contribution in [1.29, 1.82) is 0 Å². The van der Waals surface area contributed by atoms with Gasteiger partial charge in [-0.25, -0.2) is 0 Å². The molecule has 3 heterocycles. The molecule has 0 fully saturated rings. The second-order valence-electron chi connectivity index (χ2n) is 10.1. The van der Waals surface area contributed by atoms with E-state index in [4.69, 9.17) is 19.7 Å². The van der Waals surface area contributed by atoms with Crippen LogP contribution in [0.1, 0.15) is 19.5 Å². The van der Waals surface area contributed by atoms with E-state index in [9.17, 15) is 0 Å². The molecule has 2 N–H and O–H groups in total. The first kappa shape index (κ1) is 25.8. The first-order valence-electron chi connectivity index (χ1n) is 12.7. The third kappa shape index (κ3) is 4.35. The van der Waals surface area contributed by atoms with Gasteiger partial charge in [0.25, 0.3) is 0 Å². The molecule has 0 saturated carbocycles. The summed E-state index contributed by atoms with van der Waals surface area (Å²) in [6.45, 7) is 4.09. The molecule has 0 aliphatic carbocycles. The maximum atomic E-state index is 6.54. The Morgan fingerprint density at radius 1 is 0.850 bits per heavy atom. The molecular weight excluding hydrogens is 679 g/mol. The summed E-state index contributed by atoms with van der Waals surface area (Å²) >= 11 is 0. The zero-order chi connectivity index (χ0) is 26.6. The zero-order valence-electron chi connectivity index (χ0n) is 21.8. The van der Waals surface area contributed by atoms with Gasteiger partial charge in [-0.1, -0.05) is 47.2 Å². The third-order valence-electron chi connectivity index (χ3n) is 7.26. The summed E-state index contributed by atoms with van der Waals surface area (Å²) in [6.07, 6.45) is 5.46. The van der Waals surface area contributed by atoms with Crippen molar-refractivity contribution in [3.8, 4) is 5.69 Å². The van der Waals surface area contributed by atoms with Crippen LogP contribution in [0, 0.1) is 12.1 Å². The topological polar surface area (TPSA) is 82.5 Å². The van der Waals surface area contributed by atoms with Gasteiger partial charge in [-0.3, -0.25) is 9.67 Å². The molecule has 0 atom stereocenters. The number of hydrogen-bond donors (Lipinski definition) is 1. The summed E-state index contributed by atoms with van der Waals surface area (Å²) < 4.78 is 13.6. The Hall–Kier alpha value is -4.41. The fourth-order valence-electron chi connectivity index (χ4n) is 4.87. The molecule has 0 aliphatic rings. The molecule has 4 aromatic carbocycles. The van der Waals surface area contributed by atoms with Gasteiger partial charge in [-0.05, 0) is 49.5 Å². The molecule has 0 bridgehead atoms. The van der Waals surface area contributed by atoms with E-state index < -0.39 is 5.41 Å². The van der Waals surface area contributed by atoms with Gasteiger partial charge in [0, 0.05) is 45.5 Å². The van der Waals surface area contributed by atoms with Gasteiger partial charge in [0.2, 0.25) is 0 Å². The van der Waals surface area contributed by atoms with Crippen LogP contribution in [0.2, 0.25) is 0 Å². The number of aliphatic imine (C=N–C) groups is 1. The van der Waals surface area contributed by atoms with E-state index in [1.54, 1.807) is 6.21 Å². The van der Waals surface area contributed by atoms with Crippen LogP contribution in [0.15, 0.2) is 111 Å². The minimum Gasteiger partial charge on any atom is -0.516 e. The SMILES string of the molecule is CC(C)(/C(N)=C/C=Nc1[c-]cc2oc3ccccc3c2c1)c1ccn(-c2[c-]cc3oc4ccccc4c3c2)n1.[Pt+2]. The van der Waals surface area contributed by atoms with Crippen LogP contribution >= 0.6 is 0 Å². The van der Waals surface area contributed by atoms with Crippen molar-refractivity contribution >= 4 is 55.8 Å². The van der Waals surface area contributed by atoms with E-state index in [0.29, 0.717) is 11.4 Å². The number of allylic oxidation sites excluding steroid dienone is 2. The average Bonchev–Trinajstić information content (AvgIpc) is 3.68. The molecule has 6 nitrogen and oxygen atoms in total. The van der Waals surface area contributed by atoms with Gasteiger partial charge in [0.05, 0.1) is 5.69 Å². The number of furan rings is 2. The van der Waals surface area contributed by atoms with E-state index in [0.717, 1.165) is 55.3 Å². The quantitative estimate of drug-likeness (QED) is 0.147. The van der Waals surface area contributed by atoms with Crippen molar-refractivity contribution < 1.29 is 29.9 Å². The summed E-state index contributed by atoms with van der Waals surface area (Å²) in [5, 5.41) is 9.01. The molecule has 0 unspecified atom stereocenters. The predicted molar refractivity (Wildman–Crippen MR) is 156 cm³/mol. The third-order valence-corrected chi connectivity index (χ3v) is 7.26. The number of benzene rings is 4. The predicted octanol–water partition coefficient (Wildman–Crippen LogP) is 7.79. The summed E-state index contributed by atoms with van der Waals surface area (Å²) in [6, 6.07) is 32.1. The molecule has 0 radical (unpaired) electrons. The van der Waals surface area contributed by atoms with Crippen LogP contribution in [-0.4, -0.2) is 16.0 Å². The minimum atomic E-state index is -0.516. The van der Waals surface area contributed by atoms with Gasteiger partial charge < -0.3 is 14.6 Å². The second-order valence-corrected chi connectivity index (χ2v) is 10.1. The minimum absolute atomic E-state index is 0. The summed E-state index contributed by atoms with van der Waals surface area (Å²) in [7, 11) is 0. The number of nitrogens with two attached hydrogens (primary N) is 1. The summed E-state index contributed by atoms with van der Waals surface area (Å²) in [5.41, 5.74) is 12.4. The van der Waals surface area contributed by atoms with Crippen LogP contribution in [0.5, 0.6) is 0 Å². The number of nitrogens with zero attached hydrogens (tertiary/aromatic N) is 3. The number of para-hydroxylation sites is 2. The van der Waals surface area contributed by atoms with Crippen molar-refractivity contribution in [2.75, 3.05) is 0 Å². The van der Waals surface area contributed by atoms with E-state index >= 15 is 0 Å². The fraction of sp³-hybridized carbons (Fsp3) is 0.0909. The number of aromatic nitrogens is 2. The molecule has 0 aliphatic heterocycles. The maximum absolute atomic E-state index is 6.54. The number of rotatable bonds is 5. The van der Waals surface area contributed by atoms with Gasteiger partial charge in [0.1, 0.15) is 11.2 Å². The molecule has 40 heavy (non-hydrogen) atoms. The molecule has 7 aromatic rings. The van der Waals surface area contributed by atoms with Crippen molar-refractivity contribution in [3.05, 3.63) is 115 Å². The van der Waals surface area contributed by atoms with E-state index in [1.165, 1.54) is 0 Å². The van der Waals surface area contributed by atoms with E-state index in [-0.39, 0.29) is 21.1 Å². The Bertz CT molecular complexity index is 2080. The number of fused-ring (bicyclic) bond motifs is 6. The molecular formula is C33H24N4O2Pt. The Morgan fingerprint density at radius 3 is 2.17 bits per heavy atom. The Kier molecular flexibility index (Phi) is 6.44. The monoisotopic (exact) mass is 703 g/mol. The molecule has 0 saturated heterocycles. The first-order valence-corrected chi connectivity index (χ1v) is 12.7. The largest absolute Gasteiger partial charge is 2.00 e. The summed E-state index contributed by atoms with van der Waals surface area (Å²) in [4.78, 5) is 4.57.